The molecule has 1 aliphatic rings. The van der Waals surface area contributed by atoms with Crippen LogP contribution in [-0.2, 0) is 30.7 Å². The van der Waals surface area contributed by atoms with Gasteiger partial charge in [-0.25, -0.2) is 0 Å². The molecule has 0 aromatic rings. The van der Waals surface area contributed by atoms with E-state index in [2.05, 4.69) is 19.1 Å². The van der Waals surface area contributed by atoms with Crippen LogP contribution in [0.15, 0.2) is 24.3 Å². The molecule has 6 nitrogen and oxygen atoms in total. The maximum atomic E-state index is 10.7. The quantitative estimate of drug-likeness (QED) is 0.351. The maximum absolute atomic E-state index is 10.7. The first-order valence-electron chi connectivity index (χ1n) is 9.60. The fraction of sp³-hybridized carbons (Fsp3) is 0.700. The topological polar surface area (TPSA) is 102 Å². The van der Waals surface area contributed by atoms with Gasteiger partial charge in [0.25, 0.3) is 11.8 Å². The Morgan fingerprint density at radius 2 is 1.56 bits per heavy atom. The van der Waals surface area contributed by atoms with Gasteiger partial charge in [-0.1, -0.05) is 53.7 Å². The van der Waals surface area contributed by atoms with Gasteiger partial charge in [-0.05, 0) is 25.7 Å². The zero-order chi connectivity index (χ0) is 21.0. The van der Waals surface area contributed by atoms with Crippen molar-refractivity contribution in [3.8, 4) is 0 Å². The average Bonchev–Trinajstić information content (AvgIpc) is 3.01. The van der Waals surface area contributed by atoms with Gasteiger partial charge in [0.2, 0.25) is 0 Å². The van der Waals surface area contributed by atoms with E-state index in [0.717, 1.165) is 17.7 Å². The third kappa shape index (κ3) is 17.0. The summed E-state index contributed by atoms with van der Waals surface area (Å²) in [6, 6.07) is 0. The second kappa shape index (κ2) is 23.2. The largest absolute Gasteiger partial charge is 0.675 e. The van der Waals surface area contributed by atoms with Crippen LogP contribution in [0.1, 0.15) is 67.2 Å². The summed E-state index contributed by atoms with van der Waals surface area (Å²) in [5.41, 5.74) is 6.41. The van der Waals surface area contributed by atoms with Gasteiger partial charge in [0.15, 0.2) is 0 Å². The van der Waals surface area contributed by atoms with Gasteiger partial charge >= 0.3 is 0 Å². The van der Waals surface area contributed by atoms with E-state index in [9.17, 15) is 14.7 Å². The number of hydrogen-bond acceptors (Lipinski definition) is 4. The Morgan fingerprint density at radius 1 is 1.07 bits per heavy atom. The van der Waals surface area contributed by atoms with E-state index in [0.29, 0.717) is 12.8 Å². The number of imide groups is 1. The van der Waals surface area contributed by atoms with Crippen molar-refractivity contribution in [3.05, 3.63) is 30.0 Å². The van der Waals surface area contributed by atoms with E-state index in [4.69, 9.17) is 10.8 Å². The number of β-amino-alcohol motifs (C(OH)–C–C–N with tert-alkyl or cyclic N) is 1. The SMILES string of the molecule is CC.CC.CC/C=C/CCC(O)(CC)C[NH-].O=C1C=CC(=O)N1CCO.[W]. The van der Waals surface area contributed by atoms with Crippen molar-refractivity contribution >= 4 is 11.8 Å². The fourth-order valence-corrected chi connectivity index (χ4v) is 1.78. The summed E-state index contributed by atoms with van der Waals surface area (Å²) < 4.78 is 0. The minimum Gasteiger partial charge on any atom is -0.675 e. The number of rotatable bonds is 8. The van der Waals surface area contributed by atoms with Crippen LogP contribution in [0, 0.1) is 0 Å². The molecule has 3 N–H and O–H groups in total. The van der Waals surface area contributed by atoms with E-state index < -0.39 is 5.60 Å². The molecule has 1 aliphatic heterocycles. The summed E-state index contributed by atoms with van der Waals surface area (Å²) in [6.07, 6.45) is 9.88. The van der Waals surface area contributed by atoms with E-state index in [1.807, 2.05) is 34.6 Å². The normalized spacial score (nSPS) is 14.2. The molecule has 0 fully saturated rings. The number of aliphatic hydroxyl groups excluding tert-OH is 1. The van der Waals surface area contributed by atoms with Crippen LogP contribution in [0.5, 0.6) is 0 Å². The number of amides is 2. The standard InChI is InChI=1S/C10H20NO.C6H7NO3.2C2H6.W/c1-3-5-6-7-8-10(12,4-2)9-11;8-4-3-7-5(9)1-2-6(7)10;2*1-2;/h5-6,11-12H,3-4,7-9H2,1-2H3;1-2,8H,3-4H2;2*1-2H3;/q-1;;;;/b6-5+;;;;. The summed E-state index contributed by atoms with van der Waals surface area (Å²) in [5.74, 6) is -0.696. The summed E-state index contributed by atoms with van der Waals surface area (Å²) in [5, 5.41) is 18.1. The third-order valence-corrected chi connectivity index (χ3v) is 3.39. The molecule has 0 aromatic heterocycles. The molecule has 0 radical (unpaired) electrons. The summed E-state index contributed by atoms with van der Waals surface area (Å²) in [4.78, 5) is 22.3. The van der Waals surface area contributed by atoms with Crippen molar-refractivity contribution in [2.75, 3.05) is 19.7 Å². The Morgan fingerprint density at radius 3 is 1.89 bits per heavy atom. The van der Waals surface area contributed by atoms with Crippen molar-refractivity contribution in [2.24, 2.45) is 0 Å². The second-order valence-electron chi connectivity index (χ2n) is 5.06. The van der Waals surface area contributed by atoms with E-state index in [-0.39, 0.29) is 52.6 Å². The van der Waals surface area contributed by atoms with Crippen LogP contribution in [-0.4, -0.2) is 52.2 Å². The molecule has 0 bridgehead atoms. The van der Waals surface area contributed by atoms with E-state index in [1.54, 1.807) is 0 Å². The second-order valence-corrected chi connectivity index (χ2v) is 5.06. The first-order chi connectivity index (χ1) is 12.4. The van der Waals surface area contributed by atoms with Gasteiger partial charge in [-0.2, -0.15) is 0 Å². The zero-order valence-corrected chi connectivity index (χ0v) is 20.8. The summed E-state index contributed by atoms with van der Waals surface area (Å²) >= 11 is 0. The van der Waals surface area contributed by atoms with Gasteiger partial charge in [0, 0.05) is 38.8 Å². The van der Waals surface area contributed by atoms with Gasteiger partial charge in [-0.3, -0.25) is 14.5 Å². The Balaban J connectivity index is -0.000000161. The predicted octanol–water partition coefficient (Wildman–Crippen LogP) is 3.88. The molecule has 0 saturated carbocycles. The van der Waals surface area contributed by atoms with Crippen molar-refractivity contribution < 1.29 is 40.9 Å². The summed E-state index contributed by atoms with van der Waals surface area (Å²) in [6.45, 7) is 12.0. The first kappa shape index (κ1) is 33.7. The Hall–Kier alpha value is -0.812. The molecule has 2 amide bonds. The number of carbonyl (C=O) groups is 2. The molecule has 0 saturated heterocycles. The monoisotopic (exact) mass is 555 g/mol. The van der Waals surface area contributed by atoms with Crippen molar-refractivity contribution in [2.45, 2.75) is 72.8 Å². The van der Waals surface area contributed by atoms with Crippen LogP contribution in [0.4, 0.5) is 0 Å². The molecular weight excluding hydrogens is 516 g/mol. The predicted molar refractivity (Wildman–Crippen MR) is 109 cm³/mol. The third-order valence-electron chi connectivity index (χ3n) is 3.39. The number of nitrogens with zero attached hydrogens (tertiary/aromatic N) is 1. The number of aliphatic hydroxyl groups is 2. The van der Waals surface area contributed by atoms with Crippen LogP contribution < -0.4 is 0 Å². The van der Waals surface area contributed by atoms with Gasteiger partial charge in [0.05, 0.1) is 13.2 Å². The number of allylic oxidation sites excluding steroid dienone is 2. The van der Waals surface area contributed by atoms with Crippen LogP contribution in [0.25, 0.3) is 5.73 Å². The molecule has 1 rings (SSSR count). The van der Waals surface area contributed by atoms with Crippen LogP contribution >= 0.6 is 0 Å². The zero-order valence-electron chi connectivity index (χ0n) is 17.8. The molecule has 1 heterocycles. The maximum Gasteiger partial charge on any atom is 0.253 e. The first-order valence-corrected chi connectivity index (χ1v) is 9.60. The van der Waals surface area contributed by atoms with Crippen molar-refractivity contribution in [1.82, 2.24) is 4.90 Å². The molecule has 0 spiro atoms. The van der Waals surface area contributed by atoms with Crippen LogP contribution in [0.2, 0.25) is 0 Å². The molecule has 160 valence electrons. The van der Waals surface area contributed by atoms with Gasteiger partial charge in [0.1, 0.15) is 0 Å². The number of carbonyl (C=O) groups excluding carboxylic acids is 2. The summed E-state index contributed by atoms with van der Waals surface area (Å²) in [7, 11) is 0. The van der Waals surface area contributed by atoms with E-state index >= 15 is 0 Å². The molecular formula is C20H39N2O4W-. The Bertz CT molecular complexity index is 391. The van der Waals surface area contributed by atoms with E-state index in [1.165, 1.54) is 12.2 Å². The molecule has 0 aliphatic carbocycles. The van der Waals surface area contributed by atoms with Crippen molar-refractivity contribution in [1.29, 1.82) is 0 Å². The molecule has 27 heavy (non-hydrogen) atoms. The molecule has 1 atom stereocenters. The Kier molecular flexibility index (Phi) is 29.0. The van der Waals surface area contributed by atoms with Gasteiger partial charge in [-0.15, -0.1) is 6.54 Å². The molecule has 1 unspecified atom stereocenters. The average molecular weight is 555 g/mol. The molecule has 0 aromatic carbocycles. The minimum absolute atomic E-state index is 0. The van der Waals surface area contributed by atoms with Crippen LogP contribution in [0.3, 0.4) is 0 Å². The minimum atomic E-state index is -0.752. The Labute approximate surface area is 180 Å². The fourth-order valence-electron chi connectivity index (χ4n) is 1.78. The number of nitrogens with one attached hydrogen (secondary N) is 1. The van der Waals surface area contributed by atoms with Crippen molar-refractivity contribution in [3.63, 3.8) is 0 Å². The van der Waals surface area contributed by atoms with Gasteiger partial charge < -0.3 is 15.9 Å². The smallest absolute Gasteiger partial charge is 0.253 e. The molecule has 7 heteroatoms. The number of hydrogen-bond donors (Lipinski definition) is 2.